The van der Waals surface area contributed by atoms with Crippen molar-refractivity contribution >= 4 is 0 Å². The van der Waals surface area contributed by atoms with E-state index >= 15 is 0 Å². The fourth-order valence-corrected chi connectivity index (χ4v) is 2.99. The van der Waals surface area contributed by atoms with E-state index in [1.165, 1.54) is 37.8 Å². The minimum Gasteiger partial charge on any atom is -0.330 e. The molecule has 0 unspecified atom stereocenters. The minimum absolute atomic E-state index is 0.554. The highest BCUT2D eigenvalue weighted by atomic mass is 19.4. The SMILES string of the molecule is NCCCN(Cc1ccc(C(F)(F)F)cc1)C1CCCC1. The van der Waals surface area contributed by atoms with Gasteiger partial charge < -0.3 is 5.73 Å². The summed E-state index contributed by atoms with van der Waals surface area (Å²) in [6, 6.07) is 6.08. The molecule has 0 heterocycles. The average Bonchev–Trinajstić information content (AvgIpc) is 2.97. The normalized spacial score (nSPS) is 16.8. The van der Waals surface area contributed by atoms with E-state index in [0.717, 1.165) is 18.5 Å². The van der Waals surface area contributed by atoms with Gasteiger partial charge in [0.05, 0.1) is 5.56 Å². The minimum atomic E-state index is -4.26. The smallest absolute Gasteiger partial charge is 0.330 e. The van der Waals surface area contributed by atoms with Gasteiger partial charge in [0.2, 0.25) is 0 Å². The predicted molar refractivity (Wildman–Crippen MR) is 77.8 cm³/mol. The molecule has 0 aliphatic heterocycles. The van der Waals surface area contributed by atoms with Crippen LogP contribution in [-0.4, -0.2) is 24.0 Å². The molecule has 0 bridgehead atoms. The topological polar surface area (TPSA) is 29.3 Å². The summed E-state index contributed by atoms with van der Waals surface area (Å²) >= 11 is 0. The van der Waals surface area contributed by atoms with Crippen LogP contribution in [0.2, 0.25) is 0 Å². The van der Waals surface area contributed by atoms with E-state index in [2.05, 4.69) is 4.90 Å². The molecule has 1 fully saturated rings. The summed E-state index contributed by atoms with van der Waals surface area (Å²) in [7, 11) is 0. The van der Waals surface area contributed by atoms with Gasteiger partial charge >= 0.3 is 6.18 Å². The van der Waals surface area contributed by atoms with Crippen LogP contribution in [0.4, 0.5) is 13.2 Å². The van der Waals surface area contributed by atoms with E-state index in [9.17, 15) is 13.2 Å². The lowest BCUT2D eigenvalue weighted by Crippen LogP contribution is -2.34. The summed E-state index contributed by atoms with van der Waals surface area (Å²) in [5.74, 6) is 0. The van der Waals surface area contributed by atoms with Crippen LogP contribution in [-0.2, 0) is 12.7 Å². The van der Waals surface area contributed by atoms with Gasteiger partial charge in [0.1, 0.15) is 0 Å². The lowest BCUT2D eigenvalue weighted by molar-refractivity contribution is -0.137. The lowest BCUT2D eigenvalue weighted by Gasteiger charge is -2.29. The molecule has 0 amide bonds. The van der Waals surface area contributed by atoms with Gasteiger partial charge in [-0.05, 0) is 50.0 Å². The van der Waals surface area contributed by atoms with Gasteiger partial charge in [0, 0.05) is 12.6 Å². The lowest BCUT2D eigenvalue weighted by atomic mass is 10.1. The van der Waals surface area contributed by atoms with Crippen molar-refractivity contribution in [1.82, 2.24) is 4.90 Å². The first-order valence-corrected chi connectivity index (χ1v) is 7.61. The molecular formula is C16H23F3N2. The molecule has 0 aromatic heterocycles. The van der Waals surface area contributed by atoms with Gasteiger partial charge in [-0.25, -0.2) is 0 Å². The van der Waals surface area contributed by atoms with Crippen LogP contribution in [0, 0.1) is 0 Å². The number of rotatable bonds is 6. The third-order valence-corrected chi connectivity index (χ3v) is 4.16. The fraction of sp³-hybridized carbons (Fsp3) is 0.625. The summed E-state index contributed by atoms with van der Waals surface area (Å²) in [6.45, 7) is 2.28. The summed E-state index contributed by atoms with van der Waals surface area (Å²) in [5.41, 5.74) is 5.94. The van der Waals surface area contributed by atoms with Gasteiger partial charge in [-0.15, -0.1) is 0 Å². The standard InChI is InChI=1S/C16H23F3N2/c17-16(18,19)14-8-6-13(7-9-14)12-21(11-3-10-20)15-4-1-2-5-15/h6-9,15H,1-5,10-12,20H2. The van der Waals surface area contributed by atoms with Gasteiger partial charge in [-0.3, -0.25) is 4.90 Å². The van der Waals surface area contributed by atoms with Crippen molar-refractivity contribution in [3.8, 4) is 0 Å². The Bertz CT molecular complexity index is 422. The number of nitrogens with two attached hydrogens (primary N) is 1. The molecule has 1 aromatic rings. The number of hydrogen-bond acceptors (Lipinski definition) is 2. The largest absolute Gasteiger partial charge is 0.416 e. The summed E-state index contributed by atoms with van der Waals surface area (Å²) in [5, 5.41) is 0. The second kappa shape index (κ2) is 7.27. The molecule has 1 aromatic carbocycles. The maximum Gasteiger partial charge on any atom is 0.416 e. The van der Waals surface area contributed by atoms with Crippen LogP contribution in [0.25, 0.3) is 0 Å². The Morgan fingerprint density at radius 2 is 1.71 bits per heavy atom. The zero-order chi connectivity index (χ0) is 15.3. The molecule has 5 heteroatoms. The molecule has 2 nitrogen and oxygen atoms in total. The average molecular weight is 300 g/mol. The summed E-state index contributed by atoms with van der Waals surface area (Å²) < 4.78 is 37.7. The van der Waals surface area contributed by atoms with Gasteiger partial charge in [-0.2, -0.15) is 13.2 Å². The van der Waals surface area contributed by atoms with Crippen LogP contribution in [0.15, 0.2) is 24.3 Å². The third kappa shape index (κ3) is 4.71. The van der Waals surface area contributed by atoms with Crippen LogP contribution >= 0.6 is 0 Å². The molecule has 1 aliphatic carbocycles. The Morgan fingerprint density at radius 3 is 2.24 bits per heavy atom. The molecule has 0 radical (unpaired) electrons. The number of hydrogen-bond donors (Lipinski definition) is 1. The molecule has 2 rings (SSSR count). The Morgan fingerprint density at radius 1 is 1.10 bits per heavy atom. The molecule has 1 saturated carbocycles. The number of nitrogens with zero attached hydrogens (tertiary/aromatic N) is 1. The monoisotopic (exact) mass is 300 g/mol. The first-order valence-electron chi connectivity index (χ1n) is 7.61. The van der Waals surface area contributed by atoms with Crippen molar-refractivity contribution in [2.45, 2.75) is 50.9 Å². The molecule has 1 aliphatic rings. The summed E-state index contributed by atoms with van der Waals surface area (Å²) in [4.78, 5) is 2.38. The Balaban J connectivity index is 2.01. The van der Waals surface area contributed by atoms with E-state index in [0.29, 0.717) is 19.1 Å². The van der Waals surface area contributed by atoms with Crippen LogP contribution in [0.1, 0.15) is 43.2 Å². The molecule has 21 heavy (non-hydrogen) atoms. The Labute approximate surface area is 124 Å². The van der Waals surface area contributed by atoms with Crippen molar-refractivity contribution in [3.05, 3.63) is 35.4 Å². The molecule has 0 atom stereocenters. The van der Waals surface area contributed by atoms with E-state index in [1.54, 1.807) is 12.1 Å². The molecular weight excluding hydrogens is 277 g/mol. The highest BCUT2D eigenvalue weighted by Gasteiger charge is 2.30. The van der Waals surface area contributed by atoms with Crippen molar-refractivity contribution in [2.24, 2.45) is 5.73 Å². The Hall–Kier alpha value is -1.07. The molecule has 0 saturated heterocycles. The van der Waals surface area contributed by atoms with Gasteiger partial charge in [-0.1, -0.05) is 25.0 Å². The van der Waals surface area contributed by atoms with Crippen LogP contribution in [0.5, 0.6) is 0 Å². The van der Waals surface area contributed by atoms with Gasteiger partial charge in [0.15, 0.2) is 0 Å². The zero-order valence-electron chi connectivity index (χ0n) is 12.2. The molecule has 0 spiro atoms. The molecule has 2 N–H and O–H groups in total. The van der Waals surface area contributed by atoms with E-state index in [-0.39, 0.29) is 0 Å². The van der Waals surface area contributed by atoms with Gasteiger partial charge in [0.25, 0.3) is 0 Å². The predicted octanol–water partition coefficient (Wildman–Crippen LogP) is 3.80. The van der Waals surface area contributed by atoms with E-state index < -0.39 is 11.7 Å². The second-order valence-electron chi connectivity index (χ2n) is 5.75. The number of benzene rings is 1. The number of halogens is 3. The van der Waals surface area contributed by atoms with Crippen molar-refractivity contribution < 1.29 is 13.2 Å². The number of alkyl halides is 3. The van der Waals surface area contributed by atoms with Crippen molar-refractivity contribution in [3.63, 3.8) is 0 Å². The maximum absolute atomic E-state index is 12.6. The highest BCUT2D eigenvalue weighted by molar-refractivity contribution is 5.24. The Kier molecular flexibility index (Phi) is 5.65. The van der Waals surface area contributed by atoms with Crippen LogP contribution in [0.3, 0.4) is 0 Å². The maximum atomic E-state index is 12.6. The van der Waals surface area contributed by atoms with E-state index in [4.69, 9.17) is 5.73 Å². The fourth-order valence-electron chi connectivity index (χ4n) is 2.99. The zero-order valence-corrected chi connectivity index (χ0v) is 12.2. The van der Waals surface area contributed by atoms with Crippen molar-refractivity contribution in [1.29, 1.82) is 0 Å². The quantitative estimate of drug-likeness (QED) is 0.866. The first-order chi connectivity index (χ1) is 10.0. The summed E-state index contributed by atoms with van der Waals surface area (Å²) in [6.07, 6.45) is 1.53. The molecule has 118 valence electrons. The first kappa shape index (κ1) is 16.3. The third-order valence-electron chi connectivity index (χ3n) is 4.16. The van der Waals surface area contributed by atoms with E-state index in [1.807, 2.05) is 0 Å². The van der Waals surface area contributed by atoms with Crippen molar-refractivity contribution in [2.75, 3.05) is 13.1 Å². The second-order valence-corrected chi connectivity index (χ2v) is 5.75. The van der Waals surface area contributed by atoms with Crippen LogP contribution < -0.4 is 5.73 Å². The highest BCUT2D eigenvalue weighted by Crippen LogP contribution is 2.30.